The fraction of sp³-hybridized carbons (Fsp3) is 1.00. The minimum absolute atomic E-state index is 0.0487. The van der Waals surface area contributed by atoms with Crippen molar-refractivity contribution in [3.63, 3.8) is 0 Å². The third kappa shape index (κ3) is 10.3. The lowest BCUT2D eigenvalue weighted by Gasteiger charge is -2.19. The SMILES string of the molecule is CC(C)(C)OCCOCCCS. The van der Waals surface area contributed by atoms with Gasteiger partial charge in [-0.25, -0.2) is 0 Å². The monoisotopic (exact) mass is 192 g/mol. The summed E-state index contributed by atoms with van der Waals surface area (Å²) in [7, 11) is 0. The molecule has 2 nitrogen and oxygen atoms in total. The topological polar surface area (TPSA) is 18.5 Å². The molecule has 0 bridgehead atoms. The average molecular weight is 192 g/mol. The van der Waals surface area contributed by atoms with Gasteiger partial charge < -0.3 is 9.47 Å². The predicted molar refractivity (Wildman–Crippen MR) is 55.0 cm³/mol. The van der Waals surface area contributed by atoms with Gasteiger partial charge in [0.2, 0.25) is 0 Å². The van der Waals surface area contributed by atoms with Crippen molar-refractivity contribution in [2.45, 2.75) is 32.8 Å². The van der Waals surface area contributed by atoms with Crippen LogP contribution >= 0.6 is 12.6 Å². The van der Waals surface area contributed by atoms with Gasteiger partial charge in [-0.05, 0) is 32.9 Å². The quantitative estimate of drug-likeness (QED) is 0.513. The van der Waals surface area contributed by atoms with Crippen LogP contribution in [0.4, 0.5) is 0 Å². The Labute approximate surface area is 81.0 Å². The van der Waals surface area contributed by atoms with E-state index < -0.39 is 0 Å². The molecule has 0 aromatic rings. The molecule has 0 fully saturated rings. The molecule has 0 atom stereocenters. The van der Waals surface area contributed by atoms with Crippen LogP contribution in [0, 0.1) is 0 Å². The predicted octanol–water partition coefficient (Wildman–Crippen LogP) is 2.14. The molecule has 0 rings (SSSR count). The van der Waals surface area contributed by atoms with Crippen LogP contribution in [0.3, 0.4) is 0 Å². The van der Waals surface area contributed by atoms with Crippen molar-refractivity contribution in [3.8, 4) is 0 Å². The fourth-order valence-electron chi connectivity index (χ4n) is 0.675. The molecule has 0 radical (unpaired) electrons. The average Bonchev–Trinajstić information content (AvgIpc) is 1.94. The lowest BCUT2D eigenvalue weighted by molar-refractivity contribution is -0.0346. The van der Waals surface area contributed by atoms with Crippen LogP contribution in [0.15, 0.2) is 0 Å². The maximum Gasteiger partial charge on any atom is 0.0707 e. The molecule has 0 aromatic heterocycles. The third-order valence-electron chi connectivity index (χ3n) is 1.21. The molecule has 0 unspecified atom stereocenters. The number of hydrogen-bond donors (Lipinski definition) is 1. The van der Waals surface area contributed by atoms with Gasteiger partial charge in [-0.2, -0.15) is 12.6 Å². The smallest absolute Gasteiger partial charge is 0.0707 e. The van der Waals surface area contributed by atoms with E-state index in [4.69, 9.17) is 9.47 Å². The molecule has 74 valence electrons. The summed E-state index contributed by atoms with van der Waals surface area (Å²) >= 11 is 4.08. The van der Waals surface area contributed by atoms with Crippen molar-refractivity contribution in [3.05, 3.63) is 0 Å². The van der Waals surface area contributed by atoms with Crippen molar-refractivity contribution >= 4 is 12.6 Å². The molecule has 0 spiro atoms. The van der Waals surface area contributed by atoms with Crippen LogP contribution in [0.1, 0.15) is 27.2 Å². The van der Waals surface area contributed by atoms with Crippen molar-refractivity contribution in [1.29, 1.82) is 0 Å². The zero-order valence-electron chi connectivity index (χ0n) is 8.30. The van der Waals surface area contributed by atoms with Gasteiger partial charge >= 0.3 is 0 Å². The first-order chi connectivity index (χ1) is 5.56. The van der Waals surface area contributed by atoms with E-state index in [1.54, 1.807) is 0 Å². The molecule has 0 aliphatic carbocycles. The summed E-state index contributed by atoms with van der Waals surface area (Å²) in [6, 6.07) is 0. The van der Waals surface area contributed by atoms with Crippen molar-refractivity contribution in [1.82, 2.24) is 0 Å². The Kier molecular flexibility index (Phi) is 6.90. The van der Waals surface area contributed by atoms with E-state index in [9.17, 15) is 0 Å². The normalized spacial score (nSPS) is 12.0. The zero-order valence-corrected chi connectivity index (χ0v) is 9.19. The Balaban J connectivity index is 3.01. The molecule has 0 aromatic carbocycles. The molecule has 0 aliphatic rings. The Morgan fingerprint density at radius 2 is 1.75 bits per heavy atom. The van der Waals surface area contributed by atoms with Crippen molar-refractivity contribution < 1.29 is 9.47 Å². The molecule has 0 saturated carbocycles. The van der Waals surface area contributed by atoms with Crippen LogP contribution in [-0.2, 0) is 9.47 Å². The summed E-state index contributed by atoms with van der Waals surface area (Å²) in [6.45, 7) is 8.28. The molecule has 12 heavy (non-hydrogen) atoms. The highest BCUT2D eigenvalue weighted by atomic mass is 32.1. The number of thiol groups is 1. The molecule has 0 saturated heterocycles. The van der Waals surface area contributed by atoms with Gasteiger partial charge in [0, 0.05) is 6.61 Å². The van der Waals surface area contributed by atoms with Gasteiger partial charge in [0.15, 0.2) is 0 Å². The fourth-order valence-corrected chi connectivity index (χ4v) is 0.805. The maximum atomic E-state index is 5.47. The zero-order chi connectivity index (χ0) is 9.45. The summed E-state index contributed by atoms with van der Waals surface area (Å²) in [5.74, 6) is 0.889. The standard InChI is InChI=1S/C9H20O2S/c1-9(2,3)11-7-6-10-5-4-8-12/h12H,4-8H2,1-3H3. The van der Waals surface area contributed by atoms with Crippen LogP contribution in [-0.4, -0.2) is 31.2 Å². The summed E-state index contributed by atoms with van der Waals surface area (Å²) < 4.78 is 10.8. The van der Waals surface area contributed by atoms with E-state index in [1.165, 1.54) is 0 Å². The number of ether oxygens (including phenoxy) is 2. The van der Waals surface area contributed by atoms with Gasteiger partial charge in [0.1, 0.15) is 0 Å². The molecule has 0 heterocycles. The second-order valence-electron chi connectivity index (χ2n) is 3.65. The van der Waals surface area contributed by atoms with Crippen molar-refractivity contribution in [2.75, 3.05) is 25.6 Å². The first kappa shape index (κ1) is 12.3. The summed E-state index contributed by atoms with van der Waals surface area (Å²) in [5, 5.41) is 0. The van der Waals surface area contributed by atoms with E-state index in [2.05, 4.69) is 12.6 Å². The van der Waals surface area contributed by atoms with E-state index >= 15 is 0 Å². The van der Waals surface area contributed by atoms with Crippen LogP contribution in [0.2, 0.25) is 0 Å². The Morgan fingerprint density at radius 1 is 1.08 bits per heavy atom. The Bertz CT molecular complexity index is 99.2. The lowest BCUT2D eigenvalue weighted by atomic mass is 10.2. The Hall–Kier alpha value is 0.270. The summed E-state index contributed by atoms with van der Waals surface area (Å²) in [6.07, 6.45) is 1.01. The highest BCUT2D eigenvalue weighted by Crippen LogP contribution is 2.05. The maximum absolute atomic E-state index is 5.47. The van der Waals surface area contributed by atoms with Gasteiger partial charge in [-0.3, -0.25) is 0 Å². The molecule has 0 N–H and O–H groups in total. The second kappa shape index (κ2) is 6.75. The molecular weight excluding hydrogens is 172 g/mol. The van der Waals surface area contributed by atoms with Crippen LogP contribution < -0.4 is 0 Å². The highest BCUT2D eigenvalue weighted by molar-refractivity contribution is 7.80. The summed E-state index contributed by atoms with van der Waals surface area (Å²) in [4.78, 5) is 0. The second-order valence-corrected chi connectivity index (χ2v) is 4.10. The number of hydrogen-bond acceptors (Lipinski definition) is 3. The third-order valence-corrected chi connectivity index (χ3v) is 1.53. The highest BCUT2D eigenvalue weighted by Gasteiger charge is 2.08. The van der Waals surface area contributed by atoms with Crippen molar-refractivity contribution in [2.24, 2.45) is 0 Å². The van der Waals surface area contributed by atoms with E-state index in [0.29, 0.717) is 13.2 Å². The van der Waals surface area contributed by atoms with E-state index in [-0.39, 0.29) is 5.60 Å². The molecule has 3 heteroatoms. The minimum Gasteiger partial charge on any atom is -0.379 e. The molecular formula is C9H20O2S. The molecule has 0 aliphatic heterocycles. The van der Waals surface area contributed by atoms with Gasteiger partial charge in [-0.1, -0.05) is 0 Å². The van der Waals surface area contributed by atoms with E-state index in [0.717, 1.165) is 18.8 Å². The van der Waals surface area contributed by atoms with Gasteiger partial charge in [0.25, 0.3) is 0 Å². The minimum atomic E-state index is -0.0487. The first-order valence-corrected chi connectivity index (χ1v) is 5.02. The number of rotatable bonds is 6. The largest absolute Gasteiger partial charge is 0.379 e. The van der Waals surface area contributed by atoms with Gasteiger partial charge in [0.05, 0.1) is 18.8 Å². The summed E-state index contributed by atoms with van der Waals surface area (Å²) in [5.41, 5.74) is -0.0487. The lowest BCUT2D eigenvalue weighted by Crippen LogP contribution is -2.21. The van der Waals surface area contributed by atoms with Crippen LogP contribution in [0.5, 0.6) is 0 Å². The van der Waals surface area contributed by atoms with Crippen LogP contribution in [0.25, 0.3) is 0 Å². The first-order valence-electron chi connectivity index (χ1n) is 4.39. The van der Waals surface area contributed by atoms with E-state index in [1.807, 2.05) is 20.8 Å². The Morgan fingerprint density at radius 3 is 2.25 bits per heavy atom. The molecule has 0 amide bonds. The van der Waals surface area contributed by atoms with Gasteiger partial charge in [-0.15, -0.1) is 0 Å².